The maximum atomic E-state index is 11.6. The Morgan fingerprint density at radius 1 is 1.11 bits per heavy atom. The van der Waals surface area contributed by atoms with Crippen LogP contribution in [0.3, 0.4) is 0 Å². The average molecular weight is 360 g/mol. The molecule has 0 bridgehead atoms. The molecule has 0 saturated heterocycles. The van der Waals surface area contributed by atoms with Gasteiger partial charge < -0.3 is 4.74 Å². The van der Waals surface area contributed by atoms with Crippen molar-refractivity contribution >= 4 is 44.9 Å². The predicted octanol–water partition coefficient (Wildman–Crippen LogP) is 5.75. The average Bonchev–Trinajstić information content (AvgIpc) is 2.32. The minimum Gasteiger partial charge on any atom is -0.455 e. The molecular formula is C14H9BrCl2O2. The number of hydrogen-bond donors (Lipinski definition) is 0. The topological polar surface area (TPSA) is 26.3 Å². The van der Waals surface area contributed by atoms with Gasteiger partial charge in [0.25, 0.3) is 0 Å². The van der Waals surface area contributed by atoms with Gasteiger partial charge in [0.05, 0.1) is 10.6 Å². The Labute approximate surface area is 129 Å². The zero-order valence-corrected chi connectivity index (χ0v) is 13.0. The van der Waals surface area contributed by atoms with Gasteiger partial charge in [-0.3, -0.25) is 4.79 Å². The Hall–Kier alpha value is -1.03. The van der Waals surface area contributed by atoms with Gasteiger partial charge in [-0.25, -0.2) is 0 Å². The zero-order chi connectivity index (χ0) is 14.0. The van der Waals surface area contributed by atoms with E-state index in [0.29, 0.717) is 27.1 Å². The molecule has 0 aromatic heterocycles. The maximum Gasteiger partial charge on any atom is 0.163 e. The van der Waals surface area contributed by atoms with Crippen molar-refractivity contribution in [2.75, 3.05) is 0 Å². The Kier molecular flexibility index (Phi) is 4.50. The molecule has 0 spiro atoms. The van der Waals surface area contributed by atoms with E-state index in [9.17, 15) is 4.79 Å². The van der Waals surface area contributed by atoms with Crippen LogP contribution in [0.5, 0.6) is 11.5 Å². The van der Waals surface area contributed by atoms with Crippen LogP contribution in [-0.2, 0) is 0 Å². The van der Waals surface area contributed by atoms with E-state index in [2.05, 4.69) is 15.9 Å². The molecule has 0 atom stereocenters. The molecular weight excluding hydrogens is 351 g/mol. The first-order valence-electron chi connectivity index (χ1n) is 5.41. The van der Waals surface area contributed by atoms with Crippen molar-refractivity contribution in [1.82, 2.24) is 0 Å². The lowest BCUT2D eigenvalue weighted by Gasteiger charge is -2.11. The normalized spacial score (nSPS) is 10.3. The standard InChI is InChI=1S/C14H9BrCl2O2/c1-8(18)11-4-2-9(15)6-14(11)19-13-5-3-10(16)7-12(13)17/h2-7H,1H3. The number of ether oxygens (including phenoxy) is 1. The lowest BCUT2D eigenvalue weighted by Crippen LogP contribution is -1.97. The van der Waals surface area contributed by atoms with E-state index in [-0.39, 0.29) is 5.78 Å². The molecule has 0 radical (unpaired) electrons. The van der Waals surface area contributed by atoms with Crippen LogP contribution < -0.4 is 4.74 Å². The fourth-order valence-corrected chi connectivity index (χ4v) is 2.34. The monoisotopic (exact) mass is 358 g/mol. The first-order valence-corrected chi connectivity index (χ1v) is 6.95. The fraction of sp³-hybridized carbons (Fsp3) is 0.0714. The third-order valence-electron chi connectivity index (χ3n) is 2.44. The molecule has 2 nitrogen and oxygen atoms in total. The van der Waals surface area contributed by atoms with Crippen LogP contribution in [0.15, 0.2) is 40.9 Å². The summed E-state index contributed by atoms with van der Waals surface area (Å²) in [5.41, 5.74) is 0.495. The molecule has 19 heavy (non-hydrogen) atoms. The summed E-state index contributed by atoms with van der Waals surface area (Å²) < 4.78 is 6.51. The van der Waals surface area contributed by atoms with E-state index in [4.69, 9.17) is 27.9 Å². The highest BCUT2D eigenvalue weighted by Gasteiger charge is 2.12. The first-order chi connectivity index (χ1) is 8.97. The number of carbonyl (C=O) groups is 1. The molecule has 0 aliphatic carbocycles. The molecule has 2 rings (SSSR count). The highest BCUT2D eigenvalue weighted by Crippen LogP contribution is 2.34. The quantitative estimate of drug-likeness (QED) is 0.652. The highest BCUT2D eigenvalue weighted by molar-refractivity contribution is 9.10. The fourth-order valence-electron chi connectivity index (χ4n) is 1.55. The minimum atomic E-state index is -0.0763. The van der Waals surface area contributed by atoms with Gasteiger partial charge in [-0.2, -0.15) is 0 Å². The molecule has 0 N–H and O–H groups in total. The summed E-state index contributed by atoms with van der Waals surface area (Å²) in [5, 5.41) is 0.917. The van der Waals surface area contributed by atoms with Gasteiger partial charge in [0.2, 0.25) is 0 Å². The Balaban J connectivity index is 2.42. The number of halogens is 3. The van der Waals surface area contributed by atoms with E-state index in [1.54, 1.807) is 36.4 Å². The second kappa shape index (κ2) is 5.95. The predicted molar refractivity (Wildman–Crippen MR) is 80.7 cm³/mol. The Morgan fingerprint density at radius 2 is 1.84 bits per heavy atom. The number of ketones is 1. The van der Waals surface area contributed by atoms with E-state index < -0.39 is 0 Å². The largest absolute Gasteiger partial charge is 0.455 e. The third kappa shape index (κ3) is 3.50. The molecule has 5 heteroatoms. The maximum absolute atomic E-state index is 11.6. The van der Waals surface area contributed by atoms with E-state index >= 15 is 0 Å². The highest BCUT2D eigenvalue weighted by atomic mass is 79.9. The van der Waals surface area contributed by atoms with Crippen molar-refractivity contribution in [3.8, 4) is 11.5 Å². The summed E-state index contributed by atoms with van der Waals surface area (Å²) >= 11 is 15.2. The van der Waals surface area contributed by atoms with Crippen LogP contribution in [0.4, 0.5) is 0 Å². The molecule has 0 aliphatic rings. The van der Waals surface area contributed by atoms with Crippen LogP contribution >= 0.6 is 39.1 Å². The molecule has 0 saturated carbocycles. The second-order valence-electron chi connectivity index (χ2n) is 3.87. The molecule has 0 heterocycles. The van der Waals surface area contributed by atoms with Crippen LogP contribution in [0.2, 0.25) is 10.0 Å². The summed E-state index contributed by atoms with van der Waals surface area (Å²) in [5.74, 6) is 0.824. The van der Waals surface area contributed by atoms with Gasteiger partial charge in [-0.15, -0.1) is 0 Å². The van der Waals surface area contributed by atoms with Gasteiger partial charge in [0.15, 0.2) is 5.78 Å². The summed E-state index contributed by atoms with van der Waals surface area (Å²) in [6.07, 6.45) is 0. The summed E-state index contributed by atoms with van der Waals surface area (Å²) in [4.78, 5) is 11.6. The lowest BCUT2D eigenvalue weighted by molar-refractivity contribution is 0.101. The van der Waals surface area contributed by atoms with Gasteiger partial charge in [-0.1, -0.05) is 39.1 Å². The van der Waals surface area contributed by atoms with E-state index in [1.165, 1.54) is 6.92 Å². The number of rotatable bonds is 3. The van der Waals surface area contributed by atoms with Crippen LogP contribution in [-0.4, -0.2) is 5.78 Å². The Bertz CT molecular complexity index is 641. The van der Waals surface area contributed by atoms with Crippen molar-refractivity contribution < 1.29 is 9.53 Å². The molecule has 0 amide bonds. The van der Waals surface area contributed by atoms with Gasteiger partial charge in [0, 0.05) is 9.50 Å². The van der Waals surface area contributed by atoms with Crippen LogP contribution in [0, 0.1) is 0 Å². The molecule has 0 aliphatic heterocycles. The van der Waals surface area contributed by atoms with Gasteiger partial charge in [0.1, 0.15) is 11.5 Å². The van der Waals surface area contributed by atoms with Crippen molar-refractivity contribution in [3.63, 3.8) is 0 Å². The number of benzene rings is 2. The number of hydrogen-bond acceptors (Lipinski definition) is 2. The van der Waals surface area contributed by atoms with Crippen molar-refractivity contribution in [1.29, 1.82) is 0 Å². The molecule has 0 unspecified atom stereocenters. The zero-order valence-electron chi connectivity index (χ0n) is 9.91. The van der Waals surface area contributed by atoms with Crippen LogP contribution in [0.25, 0.3) is 0 Å². The van der Waals surface area contributed by atoms with E-state index in [0.717, 1.165) is 4.47 Å². The second-order valence-corrected chi connectivity index (χ2v) is 5.63. The summed E-state index contributed by atoms with van der Waals surface area (Å²) in [6.45, 7) is 1.49. The molecule has 98 valence electrons. The van der Waals surface area contributed by atoms with Gasteiger partial charge in [-0.05, 0) is 43.3 Å². The smallest absolute Gasteiger partial charge is 0.163 e. The number of Topliss-reactive ketones (excluding diaryl/α,β-unsaturated/α-hetero) is 1. The Morgan fingerprint density at radius 3 is 2.47 bits per heavy atom. The first kappa shape index (κ1) is 14.4. The minimum absolute atomic E-state index is 0.0763. The van der Waals surface area contributed by atoms with Crippen molar-refractivity contribution in [2.24, 2.45) is 0 Å². The van der Waals surface area contributed by atoms with E-state index in [1.807, 2.05) is 0 Å². The SMILES string of the molecule is CC(=O)c1ccc(Br)cc1Oc1ccc(Cl)cc1Cl. The number of carbonyl (C=O) groups excluding carboxylic acids is 1. The summed E-state index contributed by atoms with van der Waals surface area (Å²) in [6, 6.07) is 10.1. The summed E-state index contributed by atoms with van der Waals surface area (Å²) in [7, 11) is 0. The van der Waals surface area contributed by atoms with Gasteiger partial charge >= 0.3 is 0 Å². The molecule has 2 aromatic rings. The lowest BCUT2D eigenvalue weighted by atomic mass is 10.1. The van der Waals surface area contributed by atoms with Crippen LogP contribution in [0.1, 0.15) is 17.3 Å². The third-order valence-corrected chi connectivity index (χ3v) is 3.46. The van der Waals surface area contributed by atoms with Crippen molar-refractivity contribution in [3.05, 3.63) is 56.5 Å². The molecule has 2 aromatic carbocycles. The van der Waals surface area contributed by atoms with Crippen molar-refractivity contribution in [2.45, 2.75) is 6.92 Å². The molecule has 0 fully saturated rings.